The topological polar surface area (TPSA) is 137 Å². The first-order valence-electron chi connectivity index (χ1n) is 7.92. The molecule has 4 N–H and O–H groups in total. The first kappa shape index (κ1) is 21.0. The average molecular weight is 416 g/mol. The number of likely N-dealkylation sites (N-methyl/N-ethyl adjacent to an activating group) is 1. The second-order valence-corrected chi connectivity index (χ2v) is 7.02. The highest BCUT2D eigenvalue weighted by Gasteiger charge is 2.18. The Labute approximate surface area is 170 Å². The van der Waals surface area contributed by atoms with Crippen LogP contribution in [0.3, 0.4) is 0 Å². The summed E-state index contributed by atoms with van der Waals surface area (Å²) in [7, 11) is 1.50. The van der Waals surface area contributed by atoms with Crippen LogP contribution in [-0.4, -0.2) is 36.1 Å². The van der Waals surface area contributed by atoms with Gasteiger partial charge in [-0.1, -0.05) is 35.5 Å². The number of H-pyrrole nitrogens is 1. The number of carbonyl (C=O) groups is 2. The molecule has 142 valence electrons. The summed E-state index contributed by atoms with van der Waals surface area (Å²) in [6.07, 6.45) is 0. The Bertz CT molecular complexity index is 999. The molecule has 0 bridgehead atoms. The van der Waals surface area contributed by atoms with Gasteiger partial charge >= 0.3 is 0 Å². The predicted octanol–water partition coefficient (Wildman–Crippen LogP) is 1.67. The maximum absolute atomic E-state index is 12.3. The number of benzene rings is 1. The zero-order valence-electron chi connectivity index (χ0n) is 14.8. The highest BCUT2D eigenvalue weighted by molar-refractivity contribution is 7.99. The van der Waals surface area contributed by atoms with E-state index in [2.05, 4.69) is 10.3 Å². The maximum Gasteiger partial charge on any atom is 0.289 e. The van der Waals surface area contributed by atoms with Crippen molar-refractivity contribution in [2.24, 2.45) is 0 Å². The number of nitrogens with one attached hydrogen (secondary N) is 2. The van der Waals surface area contributed by atoms with E-state index in [1.165, 1.54) is 18.0 Å². The molecule has 0 aliphatic heterocycles. The minimum absolute atomic E-state index is 0.0214. The molecule has 0 unspecified atom stereocenters. The van der Waals surface area contributed by atoms with Crippen molar-refractivity contribution >= 4 is 46.7 Å². The molecule has 0 saturated carbocycles. The second-order valence-electron chi connectivity index (χ2n) is 5.63. The van der Waals surface area contributed by atoms with Crippen molar-refractivity contribution in [3.8, 4) is 12.1 Å². The summed E-state index contributed by atoms with van der Waals surface area (Å²) in [5.41, 5.74) is 6.54. The third kappa shape index (κ3) is 5.36. The van der Waals surface area contributed by atoms with Crippen LogP contribution >= 0.6 is 23.4 Å². The van der Waals surface area contributed by atoms with E-state index in [-0.39, 0.29) is 41.1 Å². The van der Waals surface area contributed by atoms with Crippen LogP contribution in [0.15, 0.2) is 35.4 Å². The number of rotatable bonds is 6. The molecule has 0 aliphatic rings. The number of amides is 2. The summed E-state index contributed by atoms with van der Waals surface area (Å²) < 4.78 is 0. The Morgan fingerprint density at radius 3 is 2.61 bits per heavy atom. The number of halogens is 1. The van der Waals surface area contributed by atoms with E-state index in [0.29, 0.717) is 15.7 Å². The molecular weight excluding hydrogens is 400 g/mol. The van der Waals surface area contributed by atoms with Gasteiger partial charge in [0.1, 0.15) is 23.3 Å². The zero-order chi connectivity index (χ0) is 20.7. The summed E-state index contributed by atoms with van der Waals surface area (Å²) in [4.78, 5) is 28.4. The van der Waals surface area contributed by atoms with Crippen molar-refractivity contribution in [2.45, 2.75) is 5.03 Å². The summed E-state index contributed by atoms with van der Waals surface area (Å²) >= 11 is 7.05. The number of carbonyl (C=O) groups excluding carboxylic acids is 2. The minimum Gasteiger partial charge on any atom is -0.336 e. The van der Waals surface area contributed by atoms with Crippen LogP contribution in [0.2, 0.25) is 5.02 Å². The molecule has 0 atom stereocenters. The van der Waals surface area contributed by atoms with Crippen molar-refractivity contribution in [2.75, 3.05) is 30.4 Å². The second kappa shape index (κ2) is 9.60. The molecule has 10 heteroatoms. The van der Waals surface area contributed by atoms with E-state index >= 15 is 0 Å². The van der Waals surface area contributed by atoms with Gasteiger partial charge in [-0.05, 0) is 18.2 Å². The number of pyridine rings is 1. The Hall–Kier alpha value is -3.27. The fraction of sp³-hybridized carbons (Fsp3) is 0.167. The van der Waals surface area contributed by atoms with E-state index in [0.717, 1.165) is 11.8 Å². The molecule has 8 nitrogen and oxygen atoms in total. The third-order valence-corrected chi connectivity index (χ3v) is 4.94. The Kier molecular flexibility index (Phi) is 7.21. The van der Waals surface area contributed by atoms with Gasteiger partial charge in [0.15, 0.2) is 5.03 Å². The van der Waals surface area contributed by atoms with Crippen LogP contribution in [0, 0.1) is 22.7 Å². The fourth-order valence-electron chi connectivity index (χ4n) is 2.13. The lowest BCUT2D eigenvalue weighted by Crippen LogP contribution is -2.36. The molecule has 2 amide bonds. The number of para-hydroxylation sites is 1. The van der Waals surface area contributed by atoms with Crippen LogP contribution < -0.4 is 16.0 Å². The number of nitrogens with two attached hydrogens (primary N) is 1. The number of anilines is 2. The third-order valence-electron chi connectivity index (χ3n) is 3.61. The van der Waals surface area contributed by atoms with E-state index in [4.69, 9.17) is 22.6 Å². The highest BCUT2D eigenvalue weighted by atomic mass is 35.5. The van der Waals surface area contributed by atoms with E-state index in [1.54, 1.807) is 24.3 Å². The van der Waals surface area contributed by atoms with Crippen LogP contribution in [0.4, 0.5) is 11.5 Å². The standard InChI is InChI=1S/C18H15ClN6O2S/c1-25(9-15(26)23-14-5-3-2-4-13(14)19)16(27)10-28-18-12(8-21)6-11(7-20)17(22)24-18/h2-6H,9-10H2,1H3,(H2,22,24)(H,23,26)/p+1. The summed E-state index contributed by atoms with van der Waals surface area (Å²) in [5, 5.41) is 21.6. The van der Waals surface area contributed by atoms with E-state index in [1.807, 2.05) is 12.1 Å². The van der Waals surface area contributed by atoms with Crippen LogP contribution in [0.5, 0.6) is 0 Å². The largest absolute Gasteiger partial charge is 0.336 e. The van der Waals surface area contributed by atoms with Gasteiger partial charge in [-0.15, -0.1) is 0 Å². The lowest BCUT2D eigenvalue weighted by Gasteiger charge is -2.16. The fourth-order valence-corrected chi connectivity index (χ4v) is 3.25. The number of thioether (sulfide) groups is 1. The zero-order valence-corrected chi connectivity index (χ0v) is 16.4. The first-order chi connectivity index (χ1) is 13.3. The SMILES string of the molecule is CN(CC(=O)Nc1ccccc1Cl)C(=O)CSc1[nH+]c(N)c(C#N)cc1C#N. The molecule has 0 radical (unpaired) electrons. The van der Waals surface area contributed by atoms with Crippen molar-refractivity contribution in [3.05, 3.63) is 46.5 Å². The molecule has 2 rings (SSSR count). The van der Waals surface area contributed by atoms with Crippen molar-refractivity contribution < 1.29 is 14.6 Å². The minimum atomic E-state index is -0.388. The maximum atomic E-state index is 12.3. The van der Waals surface area contributed by atoms with Crippen LogP contribution in [-0.2, 0) is 9.59 Å². The Morgan fingerprint density at radius 2 is 1.96 bits per heavy atom. The molecule has 28 heavy (non-hydrogen) atoms. The smallest absolute Gasteiger partial charge is 0.289 e. The van der Waals surface area contributed by atoms with Crippen molar-refractivity contribution in [1.82, 2.24) is 4.90 Å². The van der Waals surface area contributed by atoms with Gasteiger partial charge in [0.05, 0.1) is 23.0 Å². The number of aromatic nitrogens is 1. The number of nitrogens with zero attached hydrogens (tertiary/aromatic N) is 3. The number of aromatic amines is 1. The molecular formula is C18H16ClN6O2S+. The Balaban J connectivity index is 1.95. The summed E-state index contributed by atoms with van der Waals surface area (Å²) in [6, 6.07) is 12.0. The molecule has 0 aliphatic carbocycles. The molecule has 2 aromatic rings. The van der Waals surface area contributed by atoms with Gasteiger partial charge in [-0.3, -0.25) is 15.3 Å². The summed E-state index contributed by atoms with van der Waals surface area (Å²) in [5.74, 6) is -0.615. The van der Waals surface area contributed by atoms with E-state index < -0.39 is 0 Å². The van der Waals surface area contributed by atoms with Gasteiger partial charge in [0, 0.05) is 7.05 Å². The number of nitrogen functional groups attached to an aromatic ring is 1. The highest BCUT2D eigenvalue weighted by Crippen LogP contribution is 2.21. The lowest BCUT2D eigenvalue weighted by molar-refractivity contribution is -0.410. The molecule has 0 saturated heterocycles. The van der Waals surface area contributed by atoms with Gasteiger partial charge in [0.2, 0.25) is 11.8 Å². The van der Waals surface area contributed by atoms with Gasteiger partial charge in [-0.2, -0.15) is 10.5 Å². The molecule has 0 fully saturated rings. The molecule has 1 aromatic heterocycles. The number of hydrogen-bond donors (Lipinski definition) is 2. The van der Waals surface area contributed by atoms with Gasteiger partial charge in [-0.25, -0.2) is 4.98 Å². The average Bonchev–Trinajstić information content (AvgIpc) is 2.67. The number of nitriles is 2. The summed E-state index contributed by atoms with van der Waals surface area (Å²) in [6.45, 7) is -0.158. The van der Waals surface area contributed by atoms with E-state index in [9.17, 15) is 14.9 Å². The lowest BCUT2D eigenvalue weighted by atomic mass is 10.2. The molecule has 0 spiro atoms. The predicted molar refractivity (Wildman–Crippen MR) is 105 cm³/mol. The quantitative estimate of drug-likeness (QED) is 0.688. The normalized spacial score (nSPS) is 9.86. The number of hydrogen-bond acceptors (Lipinski definition) is 6. The van der Waals surface area contributed by atoms with Gasteiger partial charge in [0.25, 0.3) is 5.82 Å². The first-order valence-corrected chi connectivity index (χ1v) is 9.29. The Morgan fingerprint density at radius 1 is 1.29 bits per heavy atom. The molecule has 1 heterocycles. The van der Waals surface area contributed by atoms with Crippen molar-refractivity contribution in [3.63, 3.8) is 0 Å². The van der Waals surface area contributed by atoms with Crippen LogP contribution in [0.25, 0.3) is 0 Å². The van der Waals surface area contributed by atoms with Crippen molar-refractivity contribution in [1.29, 1.82) is 10.5 Å². The van der Waals surface area contributed by atoms with Gasteiger partial charge < -0.3 is 10.2 Å². The van der Waals surface area contributed by atoms with Crippen LogP contribution in [0.1, 0.15) is 11.1 Å². The monoisotopic (exact) mass is 415 g/mol. The molecule has 1 aromatic carbocycles.